The summed E-state index contributed by atoms with van der Waals surface area (Å²) in [6.45, 7) is 1.12. The summed E-state index contributed by atoms with van der Waals surface area (Å²) in [5.74, 6) is 0. The van der Waals surface area contributed by atoms with Crippen LogP contribution in [0.4, 0.5) is 0 Å². The molecule has 0 fully saturated rings. The van der Waals surface area contributed by atoms with Gasteiger partial charge in [0.1, 0.15) is 0 Å². The Kier molecular flexibility index (Phi) is 6.92. The highest BCUT2D eigenvalue weighted by molar-refractivity contribution is 5.22. The first-order chi connectivity index (χ1) is 10.7. The molecule has 0 aliphatic carbocycles. The van der Waals surface area contributed by atoms with Crippen LogP contribution in [0.25, 0.3) is 0 Å². The van der Waals surface area contributed by atoms with Crippen molar-refractivity contribution in [1.82, 2.24) is 4.90 Å². The maximum Gasteiger partial charge on any atom is 0.00126 e. The van der Waals surface area contributed by atoms with Crippen molar-refractivity contribution in [2.24, 2.45) is 0 Å². The molecule has 0 saturated heterocycles. The number of rotatable bonds is 8. The maximum atomic E-state index is 2.45. The zero-order chi connectivity index (χ0) is 15.6. The van der Waals surface area contributed by atoms with Gasteiger partial charge in [-0.15, -0.1) is 0 Å². The number of benzene rings is 2. The quantitative estimate of drug-likeness (QED) is 0.635. The third-order valence-corrected chi connectivity index (χ3v) is 3.86. The highest BCUT2D eigenvalue weighted by Gasteiger charge is 2.01. The Balaban J connectivity index is 1.95. The number of hydrogen-bond donors (Lipinski definition) is 0. The molecule has 1 nitrogen and oxygen atoms in total. The summed E-state index contributed by atoms with van der Waals surface area (Å²) in [4.78, 5) is 2.26. The maximum absolute atomic E-state index is 2.45. The van der Waals surface area contributed by atoms with E-state index in [1.54, 1.807) is 5.57 Å². The molecule has 2 rings (SSSR count). The van der Waals surface area contributed by atoms with Crippen molar-refractivity contribution in [1.29, 1.82) is 0 Å². The van der Waals surface area contributed by atoms with Crippen molar-refractivity contribution in [2.45, 2.75) is 25.7 Å². The predicted molar refractivity (Wildman–Crippen MR) is 96.2 cm³/mol. The molecule has 116 valence electrons. The first kappa shape index (κ1) is 16.5. The van der Waals surface area contributed by atoms with Crippen LogP contribution >= 0.6 is 0 Å². The summed E-state index contributed by atoms with van der Waals surface area (Å²) in [6.07, 6.45) is 6.92. The lowest BCUT2D eigenvalue weighted by Crippen LogP contribution is -2.14. The molecule has 0 heterocycles. The lowest BCUT2D eigenvalue weighted by atomic mass is 10.00. The van der Waals surface area contributed by atoms with E-state index in [0.717, 1.165) is 32.2 Å². The number of hydrogen-bond acceptors (Lipinski definition) is 1. The molecule has 2 aromatic rings. The monoisotopic (exact) mass is 293 g/mol. The van der Waals surface area contributed by atoms with Gasteiger partial charge in [-0.05, 0) is 50.9 Å². The molecule has 0 saturated carbocycles. The SMILES string of the molecule is CN(C)CCC(=CCCc1ccccc1)Cc1ccccc1. The summed E-state index contributed by atoms with van der Waals surface area (Å²) >= 11 is 0. The van der Waals surface area contributed by atoms with E-state index in [2.05, 4.69) is 85.7 Å². The van der Waals surface area contributed by atoms with E-state index < -0.39 is 0 Å². The van der Waals surface area contributed by atoms with Gasteiger partial charge in [0.05, 0.1) is 0 Å². The largest absolute Gasteiger partial charge is 0.309 e. The van der Waals surface area contributed by atoms with Gasteiger partial charge in [-0.25, -0.2) is 0 Å². The zero-order valence-corrected chi connectivity index (χ0v) is 13.8. The third-order valence-electron chi connectivity index (χ3n) is 3.86. The predicted octanol–water partition coefficient (Wildman–Crippen LogP) is 4.74. The molecule has 0 aromatic heterocycles. The van der Waals surface area contributed by atoms with Crippen molar-refractivity contribution in [2.75, 3.05) is 20.6 Å². The lowest BCUT2D eigenvalue weighted by Gasteiger charge is -2.13. The van der Waals surface area contributed by atoms with Gasteiger partial charge in [-0.1, -0.05) is 72.3 Å². The Labute approximate surface area is 135 Å². The van der Waals surface area contributed by atoms with E-state index in [0.29, 0.717) is 0 Å². The molecule has 0 unspecified atom stereocenters. The summed E-state index contributed by atoms with van der Waals surface area (Å²) in [6, 6.07) is 21.5. The molecule has 0 N–H and O–H groups in total. The fourth-order valence-electron chi connectivity index (χ4n) is 2.58. The van der Waals surface area contributed by atoms with Crippen LogP contribution in [0.3, 0.4) is 0 Å². The van der Waals surface area contributed by atoms with Crippen LogP contribution in [0.5, 0.6) is 0 Å². The molecule has 0 radical (unpaired) electrons. The van der Waals surface area contributed by atoms with Crippen LogP contribution in [0.15, 0.2) is 72.3 Å². The molecule has 0 spiro atoms. The first-order valence-corrected chi connectivity index (χ1v) is 8.14. The smallest absolute Gasteiger partial charge is 0.00126 e. The van der Waals surface area contributed by atoms with Crippen LogP contribution < -0.4 is 0 Å². The van der Waals surface area contributed by atoms with Gasteiger partial charge in [0.2, 0.25) is 0 Å². The minimum atomic E-state index is 1.07. The van der Waals surface area contributed by atoms with Gasteiger partial charge in [0, 0.05) is 6.54 Å². The van der Waals surface area contributed by atoms with Gasteiger partial charge < -0.3 is 4.90 Å². The Morgan fingerprint density at radius 1 is 0.864 bits per heavy atom. The fourth-order valence-corrected chi connectivity index (χ4v) is 2.58. The average molecular weight is 293 g/mol. The van der Waals surface area contributed by atoms with Crippen LogP contribution in [0.2, 0.25) is 0 Å². The first-order valence-electron chi connectivity index (χ1n) is 8.14. The average Bonchev–Trinajstić information content (AvgIpc) is 2.54. The second-order valence-electron chi connectivity index (χ2n) is 6.10. The molecule has 0 aliphatic heterocycles. The van der Waals surface area contributed by atoms with Crippen molar-refractivity contribution < 1.29 is 0 Å². The topological polar surface area (TPSA) is 3.24 Å². The normalized spacial score (nSPS) is 11.9. The minimum absolute atomic E-state index is 1.07. The molecule has 0 aliphatic rings. The third kappa shape index (κ3) is 6.28. The number of nitrogens with zero attached hydrogens (tertiary/aromatic N) is 1. The van der Waals surface area contributed by atoms with E-state index >= 15 is 0 Å². The second kappa shape index (κ2) is 9.22. The zero-order valence-electron chi connectivity index (χ0n) is 13.8. The second-order valence-corrected chi connectivity index (χ2v) is 6.10. The summed E-state index contributed by atoms with van der Waals surface area (Å²) < 4.78 is 0. The van der Waals surface area contributed by atoms with E-state index in [1.165, 1.54) is 11.1 Å². The van der Waals surface area contributed by atoms with Gasteiger partial charge in [-0.3, -0.25) is 0 Å². The van der Waals surface area contributed by atoms with Gasteiger partial charge in [0.25, 0.3) is 0 Å². The standard InChI is InChI=1S/C21H27N/c1-22(2)17-16-21(18-20-12-7-4-8-13-20)15-9-14-19-10-5-3-6-11-19/h3-8,10-13,15H,9,14,16-18H2,1-2H3. The molecule has 0 atom stereocenters. The van der Waals surface area contributed by atoms with E-state index in [4.69, 9.17) is 0 Å². The highest BCUT2D eigenvalue weighted by Crippen LogP contribution is 2.14. The van der Waals surface area contributed by atoms with Gasteiger partial charge in [0.15, 0.2) is 0 Å². The Morgan fingerprint density at radius 3 is 2.05 bits per heavy atom. The molecule has 0 amide bonds. The van der Waals surface area contributed by atoms with Crippen molar-refractivity contribution in [3.05, 3.63) is 83.4 Å². The molecule has 0 bridgehead atoms. The molecular formula is C21H27N. The van der Waals surface area contributed by atoms with Crippen molar-refractivity contribution in [3.63, 3.8) is 0 Å². The number of aryl methyl sites for hydroxylation is 1. The van der Waals surface area contributed by atoms with Crippen LogP contribution in [-0.4, -0.2) is 25.5 Å². The Bertz CT molecular complexity index is 555. The van der Waals surface area contributed by atoms with E-state index in [1.807, 2.05) is 0 Å². The van der Waals surface area contributed by atoms with Crippen molar-refractivity contribution >= 4 is 0 Å². The van der Waals surface area contributed by atoms with Crippen LogP contribution in [0.1, 0.15) is 24.0 Å². The fraction of sp³-hybridized carbons (Fsp3) is 0.333. The summed E-state index contributed by atoms with van der Waals surface area (Å²) in [7, 11) is 4.29. The molecular weight excluding hydrogens is 266 g/mol. The Morgan fingerprint density at radius 2 is 1.45 bits per heavy atom. The van der Waals surface area contributed by atoms with Crippen LogP contribution in [-0.2, 0) is 12.8 Å². The lowest BCUT2D eigenvalue weighted by molar-refractivity contribution is 0.411. The summed E-state index contributed by atoms with van der Waals surface area (Å²) in [5, 5.41) is 0. The molecule has 22 heavy (non-hydrogen) atoms. The van der Waals surface area contributed by atoms with E-state index in [9.17, 15) is 0 Å². The molecule has 1 heteroatoms. The molecule has 2 aromatic carbocycles. The van der Waals surface area contributed by atoms with Crippen molar-refractivity contribution in [3.8, 4) is 0 Å². The highest BCUT2D eigenvalue weighted by atomic mass is 15.0. The van der Waals surface area contributed by atoms with Crippen LogP contribution in [0, 0.1) is 0 Å². The van der Waals surface area contributed by atoms with E-state index in [-0.39, 0.29) is 0 Å². The number of allylic oxidation sites excluding steroid dienone is 1. The van der Waals surface area contributed by atoms with Gasteiger partial charge >= 0.3 is 0 Å². The Hall–Kier alpha value is -1.86. The minimum Gasteiger partial charge on any atom is -0.309 e. The summed E-state index contributed by atoms with van der Waals surface area (Å²) in [5.41, 5.74) is 4.38. The van der Waals surface area contributed by atoms with Gasteiger partial charge in [-0.2, -0.15) is 0 Å².